The number of hydrogen-bond acceptors (Lipinski definition) is 3. The van der Waals surface area contributed by atoms with E-state index >= 15 is 0 Å². The number of nitrogen functional groups attached to an aromatic ring is 1. The van der Waals surface area contributed by atoms with Gasteiger partial charge in [-0.25, -0.2) is 4.39 Å². The molecule has 0 aliphatic carbocycles. The highest BCUT2D eigenvalue weighted by Crippen LogP contribution is 2.25. The summed E-state index contributed by atoms with van der Waals surface area (Å²) in [6.45, 7) is 4.63. The number of aryl methyl sites for hydroxylation is 1. The van der Waals surface area contributed by atoms with Gasteiger partial charge in [-0.1, -0.05) is 0 Å². The van der Waals surface area contributed by atoms with Crippen LogP contribution in [0.2, 0.25) is 0 Å². The van der Waals surface area contributed by atoms with Gasteiger partial charge in [0, 0.05) is 17.8 Å². The standard InChI is InChI=1S/C11H13FN4/c1-3-16-7(2)14-15-11(16)9-5-4-8(12)6-10(9)13/h4-6H,3,13H2,1-2H3. The number of halogens is 1. The van der Waals surface area contributed by atoms with Gasteiger partial charge in [0.2, 0.25) is 0 Å². The Morgan fingerprint density at radius 1 is 1.38 bits per heavy atom. The predicted octanol–water partition coefficient (Wildman–Crippen LogP) is 1.99. The minimum absolute atomic E-state index is 0.347. The zero-order valence-corrected chi connectivity index (χ0v) is 9.24. The molecular formula is C11H13FN4. The van der Waals surface area contributed by atoms with Crippen LogP contribution in [0.25, 0.3) is 11.4 Å². The number of aromatic nitrogens is 3. The van der Waals surface area contributed by atoms with Gasteiger partial charge in [-0.3, -0.25) is 0 Å². The lowest BCUT2D eigenvalue weighted by molar-refractivity contribution is 0.628. The minimum atomic E-state index is -0.347. The summed E-state index contributed by atoms with van der Waals surface area (Å²) in [6.07, 6.45) is 0. The molecule has 2 N–H and O–H groups in total. The molecule has 2 rings (SSSR count). The SMILES string of the molecule is CCn1c(C)nnc1-c1ccc(F)cc1N. The Bertz CT molecular complexity index is 519. The third-order valence-electron chi connectivity index (χ3n) is 2.51. The number of nitrogens with two attached hydrogens (primary N) is 1. The first kappa shape index (κ1) is 10.6. The average molecular weight is 220 g/mol. The molecule has 4 nitrogen and oxygen atoms in total. The fraction of sp³-hybridized carbons (Fsp3) is 0.273. The summed E-state index contributed by atoms with van der Waals surface area (Å²) in [5.41, 5.74) is 6.85. The molecule has 0 aliphatic heterocycles. The monoisotopic (exact) mass is 220 g/mol. The van der Waals surface area contributed by atoms with Crippen molar-refractivity contribution in [3.63, 3.8) is 0 Å². The molecule has 16 heavy (non-hydrogen) atoms. The van der Waals surface area contributed by atoms with Crippen molar-refractivity contribution in [2.45, 2.75) is 20.4 Å². The van der Waals surface area contributed by atoms with Crippen molar-refractivity contribution >= 4 is 5.69 Å². The van der Waals surface area contributed by atoms with Crippen molar-refractivity contribution in [1.29, 1.82) is 0 Å². The molecule has 0 amide bonds. The summed E-state index contributed by atoms with van der Waals surface area (Å²) in [5, 5.41) is 8.05. The molecule has 84 valence electrons. The first-order valence-electron chi connectivity index (χ1n) is 5.08. The molecule has 0 unspecified atom stereocenters. The van der Waals surface area contributed by atoms with Crippen molar-refractivity contribution in [3.8, 4) is 11.4 Å². The Hall–Kier alpha value is -1.91. The van der Waals surface area contributed by atoms with Crippen molar-refractivity contribution in [3.05, 3.63) is 29.8 Å². The van der Waals surface area contributed by atoms with Gasteiger partial charge in [0.05, 0.1) is 0 Å². The van der Waals surface area contributed by atoms with E-state index in [1.54, 1.807) is 6.07 Å². The van der Waals surface area contributed by atoms with Crippen LogP contribution in [0.15, 0.2) is 18.2 Å². The second-order valence-electron chi connectivity index (χ2n) is 3.55. The molecule has 0 radical (unpaired) electrons. The van der Waals surface area contributed by atoms with Gasteiger partial charge in [-0.15, -0.1) is 10.2 Å². The van der Waals surface area contributed by atoms with E-state index in [4.69, 9.17) is 5.73 Å². The Balaban J connectivity index is 2.58. The molecule has 1 aromatic carbocycles. The van der Waals surface area contributed by atoms with E-state index in [0.29, 0.717) is 17.1 Å². The van der Waals surface area contributed by atoms with Crippen molar-refractivity contribution in [2.75, 3.05) is 5.73 Å². The molecule has 1 aromatic heterocycles. The Labute approximate surface area is 92.9 Å². The summed E-state index contributed by atoms with van der Waals surface area (Å²) >= 11 is 0. The van der Waals surface area contributed by atoms with Gasteiger partial charge in [0.25, 0.3) is 0 Å². The summed E-state index contributed by atoms with van der Waals surface area (Å²) in [4.78, 5) is 0. The van der Waals surface area contributed by atoms with E-state index in [1.807, 2.05) is 18.4 Å². The maximum atomic E-state index is 12.9. The van der Waals surface area contributed by atoms with Crippen LogP contribution in [-0.4, -0.2) is 14.8 Å². The van der Waals surface area contributed by atoms with Crippen LogP contribution in [0.3, 0.4) is 0 Å². The molecule has 0 bridgehead atoms. The van der Waals surface area contributed by atoms with Crippen LogP contribution in [0.4, 0.5) is 10.1 Å². The van der Waals surface area contributed by atoms with Crippen LogP contribution < -0.4 is 5.73 Å². The maximum Gasteiger partial charge on any atom is 0.166 e. The number of nitrogens with zero attached hydrogens (tertiary/aromatic N) is 3. The van der Waals surface area contributed by atoms with Crippen LogP contribution in [0.5, 0.6) is 0 Å². The van der Waals surface area contributed by atoms with Crippen molar-refractivity contribution in [2.24, 2.45) is 0 Å². The summed E-state index contributed by atoms with van der Waals surface area (Å²) in [6, 6.07) is 4.29. The van der Waals surface area contributed by atoms with Gasteiger partial charge in [0.1, 0.15) is 11.6 Å². The van der Waals surface area contributed by atoms with E-state index in [1.165, 1.54) is 12.1 Å². The van der Waals surface area contributed by atoms with E-state index in [0.717, 1.165) is 12.4 Å². The highest BCUT2D eigenvalue weighted by molar-refractivity contribution is 5.71. The van der Waals surface area contributed by atoms with Crippen LogP contribution in [0.1, 0.15) is 12.7 Å². The first-order chi connectivity index (χ1) is 7.63. The molecule has 0 saturated carbocycles. The van der Waals surface area contributed by atoms with E-state index in [2.05, 4.69) is 10.2 Å². The molecule has 1 heterocycles. The Morgan fingerprint density at radius 3 is 2.75 bits per heavy atom. The van der Waals surface area contributed by atoms with Gasteiger partial charge < -0.3 is 10.3 Å². The number of hydrogen-bond donors (Lipinski definition) is 1. The zero-order valence-electron chi connectivity index (χ0n) is 9.24. The Kier molecular flexibility index (Phi) is 2.60. The molecule has 0 saturated heterocycles. The van der Waals surface area contributed by atoms with Crippen LogP contribution >= 0.6 is 0 Å². The third-order valence-corrected chi connectivity index (χ3v) is 2.51. The van der Waals surface area contributed by atoms with E-state index in [-0.39, 0.29) is 5.82 Å². The minimum Gasteiger partial charge on any atom is -0.398 e. The molecule has 5 heteroatoms. The topological polar surface area (TPSA) is 56.7 Å². The fourth-order valence-corrected chi connectivity index (χ4v) is 1.70. The van der Waals surface area contributed by atoms with Gasteiger partial charge in [-0.05, 0) is 32.0 Å². The molecular weight excluding hydrogens is 207 g/mol. The van der Waals surface area contributed by atoms with Gasteiger partial charge >= 0.3 is 0 Å². The quantitative estimate of drug-likeness (QED) is 0.787. The highest BCUT2D eigenvalue weighted by atomic mass is 19.1. The van der Waals surface area contributed by atoms with Crippen molar-refractivity contribution in [1.82, 2.24) is 14.8 Å². The van der Waals surface area contributed by atoms with Crippen LogP contribution in [0, 0.1) is 12.7 Å². The number of anilines is 1. The third kappa shape index (κ3) is 1.64. The molecule has 0 aliphatic rings. The summed E-state index contributed by atoms with van der Waals surface area (Å²) in [5.74, 6) is 1.15. The largest absolute Gasteiger partial charge is 0.398 e. The van der Waals surface area contributed by atoms with E-state index < -0.39 is 0 Å². The van der Waals surface area contributed by atoms with E-state index in [9.17, 15) is 4.39 Å². The lowest BCUT2D eigenvalue weighted by Crippen LogP contribution is -2.02. The second-order valence-corrected chi connectivity index (χ2v) is 3.55. The second kappa shape index (κ2) is 3.92. The predicted molar refractivity (Wildman–Crippen MR) is 60.2 cm³/mol. The van der Waals surface area contributed by atoms with Gasteiger partial charge in [0.15, 0.2) is 5.82 Å². The summed E-state index contributed by atoms with van der Waals surface area (Å²) in [7, 11) is 0. The average Bonchev–Trinajstić information content (AvgIpc) is 2.59. The lowest BCUT2D eigenvalue weighted by atomic mass is 10.1. The van der Waals surface area contributed by atoms with Crippen LogP contribution in [-0.2, 0) is 6.54 Å². The molecule has 2 aromatic rings. The Morgan fingerprint density at radius 2 is 2.12 bits per heavy atom. The number of rotatable bonds is 2. The summed E-state index contributed by atoms with van der Waals surface area (Å²) < 4.78 is 14.9. The smallest absolute Gasteiger partial charge is 0.166 e. The molecule has 0 atom stereocenters. The molecule has 0 fully saturated rings. The normalized spacial score (nSPS) is 10.7. The highest BCUT2D eigenvalue weighted by Gasteiger charge is 2.12. The lowest BCUT2D eigenvalue weighted by Gasteiger charge is -2.07. The maximum absolute atomic E-state index is 12.9. The van der Waals surface area contributed by atoms with Crippen molar-refractivity contribution < 1.29 is 4.39 Å². The fourth-order valence-electron chi connectivity index (χ4n) is 1.70. The first-order valence-corrected chi connectivity index (χ1v) is 5.08. The number of benzene rings is 1. The molecule has 0 spiro atoms. The van der Waals surface area contributed by atoms with Gasteiger partial charge in [-0.2, -0.15) is 0 Å². The zero-order chi connectivity index (χ0) is 11.7.